The number of hydrogen-bond acceptors (Lipinski definition) is 5. The van der Waals surface area contributed by atoms with Crippen LogP contribution in [0.25, 0.3) is 0 Å². The van der Waals surface area contributed by atoms with E-state index in [4.69, 9.17) is 5.73 Å². The molecule has 20 heavy (non-hydrogen) atoms. The minimum atomic E-state index is -0.551. The molecule has 0 aromatic carbocycles. The minimum absolute atomic E-state index is 0.236. The van der Waals surface area contributed by atoms with Crippen molar-refractivity contribution in [1.82, 2.24) is 20.4 Å². The lowest BCUT2D eigenvalue weighted by Gasteiger charge is -2.28. The van der Waals surface area contributed by atoms with E-state index in [1.165, 1.54) is 19.3 Å². The van der Waals surface area contributed by atoms with Gasteiger partial charge in [-0.2, -0.15) is 5.10 Å². The van der Waals surface area contributed by atoms with Crippen LogP contribution in [0, 0.1) is 0 Å². The third kappa shape index (κ3) is 4.29. The molecule has 1 aromatic heterocycles. The highest BCUT2D eigenvalue weighted by Gasteiger charge is 2.16. The summed E-state index contributed by atoms with van der Waals surface area (Å²) in [4.78, 5) is 14.0. The Kier molecular flexibility index (Phi) is 5.51. The lowest BCUT2D eigenvalue weighted by molar-refractivity contribution is 0.0827. The summed E-state index contributed by atoms with van der Waals surface area (Å²) in [5, 5.41) is 19.2. The molecular weight excluding hydrogens is 258 g/mol. The van der Waals surface area contributed by atoms with E-state index < -0.39 is 6.10 Å². The number of carbonyl (C=O) groups excluding carboxylic acids is 1. The summed E-state index contributed by atoms with van der Waals surface area (Å²) in [7, 11) is 0. The Hall–Kier alpha value is -1.44. The van der Waals surface area contributed by atoms with Gasteiger partial charge < -0.3 is 21.1 Å². The standard InChI is InChI=1S/C13H23N5O2/c14-7-10-6-12(17-16-10)13(20)15-8-11(19)9-18-4-2-1-3-5-18/h6,11,19H,1-5,7-9,14H2,(H,15,20)(H,16,17)/t11-/m1/s1. The Balaban J connectivity index is 1.71. The molecule has 0 unspecified atom stereocenters. The van der Waals surface area contributed by atoms with Gasteiger partial charge in [-0.25, -0.2) is 0 Å². The lowest BCUT2D eigenvalue weighted by Crippen LogP contribution is -2.42. The molecule has 1 saturated heterocycles. The number of aromatic nitrogens is 2. The maximum atomic E-state index is 11.8. The van der Waals surface area contributed by atoms with Gasteiger partial charge in [0.25, 0.3) is 5.91 Å². The average molecular weight is 281 g/mol. The zero-order valence-corrected chi connectivity index (χ0v) is 11.6. The maximum absolute atomic E-state index is 11.8. The molecule has 112 valence electrons. The van der Waals surface area contributed by atoms with Crippen molar-refractivity contribution < 1.29 is 9.90 Å². The van der Waals surface area contributed by atoms with E-state index in [2.05, 4.69) is 20.4 Å². The summed E-state index contributed by atoms with van der Waals surface area (Å²) in [6.45, 7) is 3.22. The molecule has 0 aliphatic carbocycles. The van der Waals surface area contributed by atoms with Gasteiger partial charge >= 0.3 is 0 Å². The van der Waals surface area contributed by atoms with Crippen LogP contribution in [0.5, 0.6) is 0 Å². The van der Waals surface area contributed by atoms with Crippen LogP contribution >= 0.6 is 0 Å². The summed E-state index contributed by atoms with van der Waals surface area (Å²) in [5.41, 5.74) is 6.45. The number of likely N-dealkylation sites (tertiary alicyclic amines) is 1. The highest BCUT2D eigenvalue weighted by molar-refractivity contribution is 5.92. The number of rotatable bonds is 6. The van der Waals surface area contributed by atoms with Crippen molar-refractivity contribution in [3.05, 3.63) is 17.5 Å². The van der Waals surface area contributed by atoms with Crippen LogP contribution in [-0.2, 0) is 6.54 Å². The molecule has 1 aliphatic rings. The largest absolute Gasteiger partial charge is 0.390 e. The van der Waals surface area contributed by atoms with Gasteiger partial charge in [0.2, 0.25) is 0 Å². The highest BCUT2D eigenvalue weighted by Crippen LogP contribution is 2.08. The van der Waals surface area contributed by atoms with Crippen LogP contribution in [0.15, 0.2) is 6.07 Å². The Bertz CT molecular complexity index is 428. The number of piperidine rings is 1. The van der Waals surface area contributed by atoms with Crippen molar-refractivity contribution in [2.75, 3.05) is 26.2 Å². The van der Waals surface area contributed by atoms with Crippen molar-refractivity contribution >= 4 is 5.91 Å². The number of aliphatic hydroxyl groups excluding tert-OH is 1. The number of H-pyrrole nitrogens is 1. The van der Waals surface area contributed by atoms with Gasteiger partial charge in [0.15, 0.2) is 0 Å². The Morgan fingerprint density at radius 3 is 2.90 bits per heavy atom. The molecule has 1 aliphatic heterocycles. The number of aliphatic hydroxyl groups is 1. The molecule has 0 spiro atoms. The molecule has 1 amide bonds. The van der Waals surface area contributed by atoms with E-state index in [0.717, 1.165) is 13.1 Å². The third-order valence-electron chi connectivity index (χ3n) is 3.50. The summed E-state index contributed by atoms with van der Waals surface area (Å²) < 4.78 is 0. The van der Waals surface area contributed by atoms with Crippen LogP contribution < -0.4 is 11.1 Å². The fourth-order valence-corrected chi connectivity index (χ4v) is 2.39. The van der Waals surface area contributed by atoms with Crippen LogP contribution in [0.4, 0.5) is 0 Å². The number of nitrogens with two attached hydrogens (primary N) is 1. The fraction of sp³-hybridized carbons (Fsp3) is 0.692. The van der Waals surface area contributed by atoms with Crippen LogP contribution in [0.1, 0.15) is 35.4 Å². The molecule has 2 rings (SSSR count). The van der Waals surface area contributed by atoms with Gasteiger partial charge in [0.1, 0.15) is 5.69 Å². The van der Waals surface area contributed by atoms with Crippen LogP contribution in [0.3, 0.4) is 0 Å². The number of β-amino-alcohol motifs (C(OH)–C–C–N with tert-alkyl or cyclic N) is 1. The lowest BCUT2D eigenvalue weighted by atomic mass is 10.1. The van der Waals surface area contributed by atoms with E-state index in [1.807, 2.05) is 0 Å². The number of nitrogens with one attached hydrogen (secondary N) is 2. The molecule has 1 aromatic rings. The first kappa shape index (κ1) is 15.0. The van der Waals surface area contributed by atoms with Crippen molar-refractivity contribution in [2.45, 2.75) is 31.9 Å². The molecule has 1 atom stereocenters. The summed E-state index contributed by atoms with van der Waals surface area (Å²) in [6.07, 6.45) is 3.10. The quantitative estimate of drug-likeness (QED) is 0.559. The van der Waals surface area contributed by atoms with E-state index in [0.29, 0.717) is 24.5 Å². The first-order chi connectivity index (χ1) is 9.69. The second kappa shape index (κ2) is 7.37. The van der Waals surface area contributed by atoms with E-state index in [9.17, 15) is 9.90 Å². The number of aromatic amines is 1. The first-order valence-corrected chi connectivity index (χ1v) is 7.12. The van der Waals surface area contributed by atoms with E-state index in [-0.39, 0.29) is 12.5 Å². The summed E-state index contributed by atoms with van der Waals surface area (Å²) >= 11 is 0. The molecule has 0 bridgehead atoms. The SMILES string of the molecule is NCc1cc(C(=O)NC[C@@H](O)CN2CCCCC2)n[nH]1. The zero-order valence-electron chi connectivity index (χ0n) is 11.6. The molecule has 7 heteroatoms. The maximum Gasteiger partial charge on any atom is 0.271 e. The minimum Gasteiger partial charge on any atom is -0.390 e. The van der Waals surface area contributed by atoms with Gasteiger partial charge in [-0.1, -0.05) is 6.42 Å². The monoisotopic (exact) mass is 281 g/mol. The molecule has 5 N–H and O–H groups in total. The molecule has 0 saturated carbocycles. The molecule has 2 heterocycles. The van der Waals surface area contributed by atoms with Crippen LogP contribution in [0.2, 0.25) is 0 Å². The Morgan fingerprint density at radius 2 is 2.25 bits per heavy atom. The zero-order chi connectivity index (χ0) is 14.4. The van der Waals surface area contributed by atoms with Gasteiger partial charge in [0.05, 0.1) is 6.10 Å². The molecule has 1 fully saturated rings. The summed E-state index contributed by atoms with van der Waals surface area (Å²) in [6, 6.07) is 1.62. The fourth-order valence-electron chi connectivity index (χ4n) is 2.39. The topological polar surface area (TPSA) is 107 Å². The van der Waals surface area contributed by atoms with Crippen molar-refractivity contribution in [3.63, 3.8) is 0 Å². The van der Waals surface area contributed by atoms with E-state index in [1.54, 1.807) is 6.07 Å². The predicted molar refractivity (Wildman–Crippen MR) is 75.1 cm³/mol. The van der Waals surface area contributed by atoms with Gasteiger partial charge in [0, 0.05) is 25.3 Å². The highest BCUT2D eigenvalue weighted by atomic mass is 16.3. The molecule has 7 nitrogen and oxygen atoms in total. The smallest absolute Gasteiger partial charge is 0.271 e. The second-order valence-electron chi connectivity index (χ2n) is 5.21. The van der Waals surface area contributed by atoms with Crippen molar-refractivity contribution in [2.24, 2.45) is 5.73 Å². The summed E-state index contributed by atoms with van der Waals surface area (Å²) in [5.74, 6) is -0.293. The molecule has 0 radical (unpaired) electrons. The number of amides is 1. The van der Waals surface area contributed by atoms with Crippen LogP contribution in [-0.4, -0.2) is 58.4 Å². The van der Waals surface area contributed by atoms with Gasteiger partial charge in [-0.3, -0.25) is 9.89 Å². The average Bonchev–Trinajstić information content (AvgIpc) is 2.95. The first-order valence-electron chi connectivity index (χ1n) is 7.12. The van der Waals surface area contributed by atoms with Crippen molar-refractivity contribution in [3.8, 4) is 0 Å². The normalized spacial score (nSPS) is 17.9. The van der Waals surface area contributed by atoms with Gasteiger partial charge in [-0.15, -0.1) is 0 Å². The number of hydrogen-bond donors (Lipinski definition) is 4. The Morgan fingerprint density at radius 1 is 1.50 bits per heavy atom. The third-order valence-corrected chi connectivity index (χ3v) is 3.50. The van der Waals surface area contributed by atoms with Gasteiger partial charge in [-0.05, 0) is 32.0 Å². The van der Waals surface area contributed by atoms with E-state index >= 15 is 0 Å². The van der Waals surface area contributed by atoms with Crippen molar-refractivity contribution in [1.29, 1.82) is 0 Å². The predicted octanol–water partition coefficient (Wildman–Crippen LogP) is -0.555. The number of nitrogens with zero attached hydrogens (tertiary/aromatic N) is 2. The second-order valence-corrected chi connectivity index (χ2v) is 5.21. The molecular formula is C13H23N5O2. The Labute approximate surface area is 118 Å². The number of carbonyl (C=O) groups is 1.